The van der Waals surface area contributed by atoms with Crippen LogP contribution in [0.3, 0.4) is 0 Å². The van der Waals surface area contributed by atoms with Crippen LogP contribution in [-0.2, 0) is 19.1 Å². The first kappa shape index (κ1) is 11.8. The van der Waals surface area contributed by atoms with E-state index >= 15 is 0 Å². The summed E-state index contributed by atoms with van der Waals surface area (Å²) in [6, 6.07) is 0. The van der Waals surface area contributed by atoms with Gasteiger partial charge in [0.2, 0.25) is 0 Å². The molecule has 0 radical (unpaired) electrons. The van der Waals surface area contributed by atoms with Crippen molar-refractivity contribution in [2.24, 2.45) is 5.41 Å². The molecule has 0 saturated heterocycles. The molecular weight excluding hydrogens is 196 g/mol. The highest BCUT2D eigenvalue weighted by Gasteiger charge is 2.28. The fourth-order valence-electron chi connectivity index (χ4n) is 1.08. The highest BCUT2D eigenvalue weighted by molar-refractivity contribution is 5.85. The molecule has 1 heterocycles. The van der Waals surface area contributed by atoms with Gasteiger partial charge in [-0.05, 0) is 33.3 Å². The third-order valence-electron chi connectivity index (χ3n) is 2.09. The van der Waals surface area contributed by atoms with Gasteiger partial charge >= 0.3 is 11.9 Å². The monoisotopic (exact) mass is 212 g/mol. The van der Waals surface area contributed by atoms with E-state index in [2.05, 4.69) is 0 Å². The second kappa shape index (κ2) is 4.04. The van der Waals surface area contributed by atoms with Crippen LogP contribution in [0.25, 0.3) is 0 Å². The molecule has 1 aliphatic heterocycles. The van der Waals surface area contributed by atoms with Crippen LogP contribution in [0.1, 0.15) is 27.7 Å². The first-order valence-corrected chi connectivity index (χ1v) is 4.87. The molecule has 0 fully saturated rings. The van der Waals surface area contributed by atoms with Gasteiger partial charge in [0.25, 0.3) is 0 Å². The maximum Gasteiger partial charge on any atom is 0.331 e. The van der Waals surface area contributed by atoms with Gasteiger partial charge < -0.3 is 9.47 Å². The van der Waals surface area contributed by atoms with Crippen molar-refractivity contribution in [1.29, 1.82) is 0 Å². The van der Waals surface area contributed by atoms with E-state index in [1.165, 1.54) is 6.08 Å². The van der Waals surface area contributed by atoms with E-state index in [1.54, 1.807) is 27.7 Å². The zero-order valence-electron chi connectivity index (χ0n) is 9.49. The number of ether oxygens (including phenoxy) is 2. The fraction of sp³-hybridized carbons (Fsp3) is 0.636. The van der Waals surface area contributed by atoms with Gasteiger partial charge in [-0.1, -0.05) is 0 Å². The molecule has 0 spiro atoms. The number of cyclic esters (lactones) is 1. The normalized spacial score (nSPS) is 20.9. The van der Waals surface area contributed by atoms with Crippen LogP contribution >= 0.6 is 0 Å². The minimum absolute atomic E-state index is 0.101. The highest BCUT2D eigenvalue weighted by Crippen LogP contribution is 2.19. The number of rotatable bonds is 2. The van der Waals surface area contributed by atoms with Crippen LogP contribution in [-0.4, -0.2) is 24.6 Å². The standard InChI is InChI=1S/C11H16O4/c1-7-5-9(12)15-8(7)6-14-10(13)11(2,3)4/h5,8H,6H2,1-4H3/t8-/m0/s1. The van der Waals surface area contributed by atoms with E-state index in [-0.39, 0.29) is 18.5 Å². The van der Waals surface area contributed by atoms with Crippen molar-refractivity contribution in [3.8, 4) is 0 Å². The van der Waals surface area contributed by atoms with Crippen LogP contribution in [0.15, 0.2) is 11.6 Å². The summed E-state index contributed by atoms with van der Waals surface area (Å²) in [4.78, 5) is 22.3. The van der Waals surface area contributed by atoms with E-state index in [1.807, 2.05) is 0 Å². The summed E-state index contributed by atoms with van der Waals surface area (Å²) in [7, 11) is 0. The van der Waals surface area contributed by atoms with Gasteiger partial charge in [-0.25, -0.2) is 4.79 Å². The van der Waals surface area contributed by atoms with Crippen LogP contribution in [0.4, 0.5) is 0 Å². The van der Waals surface area contributed by atoms with Crippen molar-refractivity contribution in [3.63, 3.8) is 0 Å². The van der Waals surface area contributed by atoms with Gasteiger partial charge in [-0.3, -0.25) is 4.79 Å². The molecule has 1 rings (SSSR count). The fourth-order valence-corrected chi connectivity index (χ4v) is 1.08. The molecule has 0 saturated carbocycles. The molecule has 4 heteroatoms. The first-order chi connectivity index (χ1) is 6.80. The second-order valence-electron chi connectivity index (χ2n) is 4.66. The Bertz CT molecular complexity index is 309. The van der Waals surface area contributed by atoms with Crippen LogP contribution in [0.2, 0.25) is 0 Å². The summed E-state index contributed by atoms with van der Waals surface area (Å²) in [6.07, 6.45) is 0.999. The topological polar surface area (TPSA) is 52.6 Å². The number of carbonyl (C=O) groups excluding carboxylic acids is 2. The molecule has 0 aromatic rings. The second-order valence-corrected chi connectivity index (χ2v) is 4.66. The van der Waals surface area contributed by atoms with E-state index in [0.29, 0.717) is 0 Å². The highest BCUT2D eigenvalue weighted by atomic mass is 16.6. The largest absolute Gasteiger partial charge is 0.461 e. The Morgan fingerprint density at radius 2 is 2.13 bits per heavy atom. The molecule has 0 aliphatic carbocycles. The van der Waals surface area contributed by atoms with Gasteiger partial charge in [-0.15, -0.1) is 0 Å². The molecule has 0 amide bonds. The zero-order chi connectivity index (χ0) is 11.6. The smallest absolute Gasteiger partial charge is 0.331 e. The molecular formula is C11H16O4. The third kappa shape index (κ3) is 3.08. The van der Waals surface area contributed by atoms with E-state index in [4.69, 9.17) is 9.47 Å². The first-order valence-electron chi connectivity index (χ1n) is 4.87. The lowest BCUT2D eigenvalue weighted by Gasteiger charge is -2.18. The molecule has 0 unspecified atom stereocenters. The van der Waals surface area contributed by atoms with Gasteiger partial charge in [-0.2, -0.15) is 0 Å². The average molecular weight is 212 g/mol. The van der Waals surface area contributed by atoms with E-state index in [0.717, 1.165) is 5.57 Å². The lowest BCUT2D eigenvalue weighted by atomic mass is 9.97. The Labute approximate surface area is 89.2 Å². The average Bonchev–Trinajstić information content (AvgIpc) is 2.39. The molecule has 1 aliphatic rings. The van der Waals surface area contributed by atoms with E-state index in [9.17, 15) is 9.59 Å². The SMILES string of the molecule is CC1=CC(=O)O[C@H]1COC(=O)C(C)(C)C. The van der Waals surface area contributed by atoms with E-state index < -0.39 is 11.5 Å². The minimum atomic E-state index is -0.528. The van der Waals surface area contributed by atoms with Crippen LogP contribution in [0.5, 0.6) is 0 Å². The van der Waals surface area contributed by atoms with Gasteiger partial charge in [0.15, 0.2) is 6.10 Å². The van der Waals surface area contributed by atoms with Gasteiger partial charge in [0.05, 0.1) is 5.41 Å². The summed E-state index contributed by atoms with van der Waals surface area (Å²) in [5.74, 6) is -0.664. The Morgan fingerprint density at radius 3 is 2.53 bits per heavy atom. The lowest BCUT2D eigenvalue weighted by molar-refractivity contribution is -0.158. The van der Waals surface area contributed by atoms with Crippen molar-refractivity contribution < 1.29 is 19.1 Å². The zero-order valence-corrected chi connectivity index (χ0v) is 9.49. The predicted octanol–water partition coefficient (Wildman–Crippen LogP) is 1.45. The molecule has 1 atom stereocenters. The van der Waals surface area contributed by atoms with Gasteiger partial charge in [0.1, 0.15) is 6.61 Å². The summed E-state index contributed by atoms with van der Waals surface area (Å²) >= 11 is 0. The molecule has 0 aromatic heterocycles. The maximum atomic E-state index is 11.4. The lowest BCUT2D eigenvalue weighted by Crippen LogP contribution is -2.28. The summed E-state index contributed by atoms with van der Waals surface area (Å²) in [5, 5.41) is 0. The quantitative estimate of drug-likeness (QED) is 0.650. The van der Waals surface area contributed by atoms with Crippen LogP contribution < -0.4 is 0 Å². The Balaban J connectivity index is 2.43. The predicted molar refractivity (Wildman–Crippen MR) is 54.1 cm³/mol. The third-order valence-corrected chi connectivity index (χ3v) is 2.09. The Morgan fingerprint density at radius 1 is 1.53 bits per heavy atom. The Kier molecular flexibility index (Phi) is 3.17. The maximum absolute atomic E-state index is 11.4. The molecule has 15 heavy (non-hydrogen) atoms. The van der Waals surface area contributed by atoms with Crippen molar-refractivity contribution in [1.82, 2.24) is 0 Å². The number of hydrogen-bond acceptors (Lipinski definition) is 4. The molecule has 84 valence electrons. The Hall–Kier alpha value is -1.32. The minimum Gasteiger partial charge on any atom is -0.461 e. The number of hydrogen-bond donors (Lipinski definition) is 0. The summed E-state index contributed by atoms with van der Waals surface area (Å²) in [6.45, 7) is 7.21. The number of carbonyl (C=O) groups is 2. The molecule has 0 bridgehead atoms. The number of esters is 2. The van der Waals surface area contributed by atoms with Gasteiger partial charge in [0, 0.05) is 6.08 Å². The van der Waals surface area contributed by atoms with Crippen molar-refractivity contribution in [2.75, 3.05) is 6.61 Å². The molecule has 4 nitrogen and oxygen atoms in total. The summed E-state index contributed by atoms with van der Waals surface area (Å²) in [5.41, 5.74) is 0.266. The van der Waals surface area contributed by atoms with Crippen molar-refractivity contribution in [2.45, 2.75) is 33.8 Å². The summed E-state index contributed by atoms with van der Waals surface area (Å²) < 4.78 is 9.98. The van der Waals surface area contributed by atoms with Crippen LogP contribution in [0, 0.1) is 5.41 Å². The van der Waals surface area contributed by atoms with Crippen molar-refractivity contribution >= 4 is 11.9 Å². The van der Waals surface area contributed by atoms with Crippen molar-refractivity contribution in [3.05, 3.63) is 11.6 Å². The molecule has 0 N–H and O–H groups in total. The molecule has 0 aromatic carbocycles.